The number of aliphatic hydroxyl groups is 1. The first-order chi connectivity index (χ1) is 9.74. The molecule has 1 heterocycles. The van der Waals surface area contributed by atoms with Crippen LogP contribution in [0.1, 0.15) is 31.2 Å². The zero-order valence-corrected chi connectivity index (χ0v) is 11.4. The van der Waals surface area contributed by atoms with Gasteiger partial charge in [-0.2, -0.15) is 0 Å². The Bertz CT molecular complexity index is 605. The van der Waals surface area contributed by atoms with Crippen molar-refractivity contribution in [3.8, 4) is 0 Å². The average Bonchev–Trinajstić information content (AvgIpc) is 2.85. The number of amides is 1. The lowest BCUT2D eigenvalue weighted by Gasteiger charge is -2.28. The van der Waals surface area contributed by atoms with Crippen molar-refractivity contribution in [2.75, 3.05) is 0 Å². The quantitative estimate of drug-likeness (QED) is 0.801. The number of carbonyl (C=O) groups excluding carboxylic acids is 1. The number of hydrogen-bond acceptors (Lipinski definition) is 2. The molecule has 1 aromatic carbocycles. The second-order valence-corrected chi connectivity index (χ2v) is 5.56. The van der Waals surface area contributed by atoms with Gasteiger partial charge in [-0.3, -0.25) is 4.79 Å². The third kappa shape index (κ3) is 2.70. The number of rotatable bonds is 3. The molecule has 0 aliphatic heterocycles. The van der Waals surface area contributed by atoms with Gasteiger partial charge in [0.15, 0.2) is 0 Å². The number of H-pyrrole nitrogens is 1. The zero-order chi connectivity index (χ0) is 13.9. The molecule has 106 valence electrons. The summed E-state index contributed by atoms with van der Waals surface area (Å²) in [7, 11) is 0. The van der Waals surface area contributed by atoms with E-state index >= 15 is 0 Å². The topological polar surface area (TPSA) is 65.1 Å². The summed E-state index contributed by atoms with van der Waals surface area (Å²) >= 11 is 0. The van der Waals surface area contributed by atoms with Gasteiger partial charge in [-0.15, -0.1) is 0 Å². The first-order valence-electron chi connectivity index (χ1n) is 7.26. The van der Waals surface area contributed by atoms with Gasteiger partial charge in [-0.25, -0.2) is 0 Å². The lowest BCUT2D eigenvalue weighted by atomic mass is 9.92. The Balaban J connectivity index is 1.66. The molecule has 20 heavy (non-hydrogen) atoms. The smallest absolute Gasteiger partial charge is 0.224 e. The number of aromatic amines is 1. The molecule has 0 radical (unpaired) electrons. The van der Waals surface area contributed by atoms with Crippen LogP contribution in [0.2, 0.25) is 0 Å². The fraction of sp³-hybridized carbons (Fsp3) is 0.438. The van der Waals surface area contributed by atoms with Crippen molar-refractivity contribution in [2.45, 2.75) is 44.2 Å². The molecule has 3 N–H and O–H groups in total. The highest BCUT2D eigenvalue weighted by molar-refractivity contribution is 5.88. The Morgan fingerprint density at radius 3 is 2.95 bits per heavy atom. The van der Waals surface area contributed by atoms with Gasteiger partial charge < -0.3 is 15.4 Å². The molecule has 2 atom stereocenters. The van der Waals surface area contributed by atoms with Crippen molar-refractivity contribution in [2.24, 2.45) is 0 Å². The molecular weight excluding hydrogens is 252 g/mol. The Hall–Kier alpha value is -1.81. The molecule has 2 aromatic rings. The maximum atomic E-state index is 12.1. The summed E-state index contributed by atoms with van der Waals surface area (Å²) in [5.41, 5.74) is 2.05. The third-order valence-corrected chi connectivity index (χ3v) is 4.10. The summed E-state index contributed by atoms with van der Waals surface area (Å²) in [5.74, 6) is -0.0132. The van der Waals surface area contributed by atoms with E-state index in [1.165, 1.54) is 0 Å². The van der Waals surface area contributed by atoms with Crippen LogP contribution in [0, 0.1) is 0 Å². The summed E-state index contributed by atoms with van der Waals surface area (Å²) in [6, 6.07) is 7.89. The van der Waals surface area contributed by atoms with E-state index in [2.05, 4.69) is 10.3 Å². The number of nitrogens with one attached hydrogen (secondary N) is 2. The number of carbonyl (C=O) groups is 1. The molecule has 4 heteroatoms. The van der Waals surface area contributed by atoms with Gasteiger partial charge in [0.25, 0.3) is 0 Å². The number of aliphatic hydroxyl groups excluding tert-OH is 1. The van der Waals surface area contributed by atoms with Crippen LogP contribution < -0.4 is 5.32 Å². The van der Waals surface area contributed by atoms with Crippen LogP contribution in [0.4, 0.5) is 0 Å². The molecule has 0 bridgehead atoms. The molecule has 1 fully saturated rings. The zero-order valence-electron chi connectivity index (χ0n) is 11.4. The Labute approximate surface area is 118 Å². The van der Waals surface area contributed by atoms with E-state index in [-0.39, 0.29) is 11.9 Å². The van der Waals surface area contributed by atoms with Crippen LogP contribution in [0.25, 0.3) is 10.9 Å². The highest BCUT2D eigenvalue weighted by atomic mass is 16.3. The first-order valence-corrected chi connectivity index (χ1v) is 7.26. The maximum absolute atomic E-state index is 12.1. The standard InChI is InChI=1S/C16H20N2O2/c19-15-8-4-3-7-14(15)18-16(20)9-11-10-17-13-6-2-1-5-12(11)13/h1-2,5-6,10,14-15,17,19H,3-4,7-9H2,(H,18,20). The van der Waals surface area contributed by atoms with Gasteiger partial charge in [-0.05, 0) is 24.5 Å². The summed E-state index contributed by atoms with van der Waals surface area (Å²) in [6.07, 6.45) is 5.65. The number of para-hydroxylation sites is 1. The van der Waals surface area contributed by atoms with Crippen LogP contribution in [0.5, 0.6) is 0 Å². The van der Waals surface area contributed by atoms with E-state index in [1.807, 2.05) is 30.5 Å². The molecule has 3 rings (SSSR count). The highest BCUT2D eigenvalue weighted by Gasteiger charge is 2.24. The summed E-state index contributed by atoms with van der Waals surface area (Å²) in [6.45, 7) is 0. The van der Waals surface area contributed by atoms with Gasteiger partial charge in [0.2, 0.25) is 5.91 Å². The maximum Gasteiger partial charge on any atom is 0.224 e. The molecule has 0 spiro atoms. The average molecular weight is 272 g/mol. The summed E-state index contributed by atoms with van der Waals surface area (Å²) < 4.78 is 0. The normalized spacial score (nSPS) is 22.9. The molecule has 1 saturated carbocycles. The van der Waals surface area contributed by atoms with Crippen LogP contribution in [0.15, 0.2) is 30.5 Å². The van der Waals surface area contributed by atoms with E-state index in [4.69, 9.17) is 0 Å². The predicted molar refractivity (Wildman–Crippen MR) is 78.4 cm³/mol. The van der Waals surface area contributed by atoms with Gasteiger partial charge in [0, 0.05) is 17.1 Å². The SMILES string of the molecule is O=C(Cc1c[nH]c2ccccc12)NC1CCCCC1O. The van der Waals surface area contributed by atoms with E-state index in [0.29, 0.717) is 6.42 Å². The Morgan fingerprint density at radius 2 is 2.10 bits per heavy atom. The molecule has 1 aliphatic rings. The number of hydrogen-bond donors (Lipinski definition) is 3. The van der Waals surface area contributed by atoms with E-state index in [0.717, 1.165) is 42.1 Å². The van der Waals surface area contributed by atoms with Crippen molar-refractivity contribution in [3.63, 3.8) is 0 Å². The van der Waals surface area contributed by atoms with Crippen LogP contribution in [-0.4, -0.2) is 28.1 Å². The molecule has 0 saturated heterocycles. The van der Waals surface area contributed by atoms with Gasteiger partial charge in [0.1, 0.15) is 0 Å². The molecule has 1 aromatic heterocycles. The predicted octanol–water partition coefficient (Wildman–Crippen LogP) is 2.13. The van der Waals surface area contributed by atoms with Crippen LogP contribution >= 0.6 is 0 Å². The van der Waals surface area contributed by atoms with Crippen molar-refractivity contribution >= 4 is 16.8 Å². The fourth-order valence-corrected chi connectivity index (χ4v) is 2.99. The second-order valence-electron chi connectivity index (χ2n) is 5.56. The van der Waals surface area contributed by atoms with Gasteiger partial charge in [-0.1, -0.05) is 31.0 Å². The van der Waals surface area contributed by atoms with Crippen molar-refractivity contribution in [1.29, 1.82) is 0 Å². The fourth-order valence-electron chi connectivity index (χ4n) is 2.99. The number of fused-ring (bicyclic) bond motifs is 1. The molecule has 2 unspecified atom stereocenters. The monoisotopic (exact) mass is 272 g/mol. The minimum absolute atomic E-state index is 0.0132. The Kier molecular flexibility index (Phi) is 3.74. The molecule has 4 nitrogen and oxygen atoms in total. The molecule has 1 amide bonds. The second kappa shape index (κ2) is 5.67. The largest absolute Gasteiger partial charge is 0.391 e. The number of benzene rings is 1. The van der Waals surface area contributed by atoms with Gasteiger partial charge >= 0.3 is 0 Å². The van der Waals surface area contributed by atoms with Gasteiger partial charge in [0.05, 0.1) is 18.6 Å². The lowest BCUT2D eigenvalue weighted by Crippen LogP contribution is -2.45. The highest BCUT2D eigenvalue weighted by Crippen LogP contribution is 2.20. The van der Waals surface area contributed by atoms with Crippen LogP contribution in [0.3, 0.4) is 0 Å². The summed E-state index contributed by atoms with van der Waals surface area (Å²) in [4.78, 5) is 15.3. The molecular formula is C16H20N2O2. The van der Waals surface area contributed by atoms with Crippen LogP contribution in [-0.2, 0) is 11.2 Å². The van der Waals surface area contributed by atoms with E-state index in [1.54, 1.807) is 0 Å². The van der Waals surface area contributed by atoms with E-state index in [9.17, 15) is 9.90 Å². The minimum atomic E-state index is -0.393. The van der Waals surface area contributed by atoms with Crippen molar-refractivity contribution in [3.05, 3.63) is 36.0 Å². The van der Waals surface area contributed by atoms with Crippen molar-refractivity contribution < 1.29 is 9.90 Å². The van der Waals surface area contributed by atoms with Crippen molar-refractivity contribution in [1.82, 2.24) is 10.3 Å². The first kappa shape index (κ1) is 13.2. The Morgan fingerprint density at radius 1 is 1.30 bits per heavy atom. The van der Waals surface area contributed by atoms with E-state index < -0.39 is 6.10 Å². The molecule has 1 aliphatic carbocycles. The minimum Gasteiger partial charge on any atom is -0.391 e. The third-order valence-electron chi connectivity index (χ3n) is 4.10. The summed E-state index contributed by atoms with van der Waals surface area (Å²) in [5, 5.41) is 14.0. The lowest BCUT2D eigenvalue weighted by molar-refractivity contribution is -0.122. The number of aromatic nitrogens is 1.